The summed E-state index contributed by atoms with van der Waals surface area (Å²) in [5, 5.41) is 1.45. The Morgan fingerprint density at radius 2 is 1.68 bits per heavy atom. The first-order chi connectivity index (χ1) is 17.6. The summed E-state index contributed by atoms with van der Waals surface area (Å²) < 4.78 is 34.0. The van der Waals surface area contributed by atoms with Crippen molar-refractivity contribution >= 4 is 71.5 Å². The van der Waals surface area contributed by atoms with Gasteiger partial charge in [-0.1, -0.05) is 34.5 Å². The Kier molecular flexibility index (Phi) is 8.25. The van der Waals surface area contributed by atoms with E-state index in [2.05, 4.69) is 9.71 Å². The zero-order valence-electron chi connectivity index (χ0n) is 20.2. The first-order valence-electron chi connectivity index (χ1n) is 11.1. The lowest BCUT2D eigenvalue weighted by atomic mass is 10.2. The van der Waals surface area contributed by atoms with Crippen LogP contribution in [-0.2, 0) is 10.0 Å². The monoisotopic (exact) mass is 578 g/mol. The highest BCUT2D eigenvalue weighted by atomic mass is 35.5. The van der Waals surface area contributed by atoms with E-state index < -0.39 is 10.0 Å². The Labute approximate surface area is 229 Å². The molecular formula is C25H24Cl2N4O4S2. The molecule has 0 saturated carbocycles. The molecule has 4 aromatic rings. The van der Waals surface area contributed by atoms with E-state index in [1.54, 1.807) is 48.4 Å². The van der Waals surface area contributed by atoms with E-state index in [9.17, 15) is 13.2 Å². The van der Waals surface area contributed by atoms with Crippen LogP contribution in [0, 0.1) is 0 Å². The molecule has 0 unspecified atom stereocenters. The minimum absolute atomic E-state index is 0.0804. The summed E-state index contributed by atoms with van der Waals surface area (Å²) in [6.07, 6.45) is 0. The second-order valence-electron chi connectivity index (χ2n) is 8.32. The number of fused-ring (bicyclic) bond motifs is 1. The smallest absolute Gasteiger partial charge is 0.261 e. The number of thiazole rings is 1. The van der Waals surface area contributed by atoms with Crippen molar-refractivity contribution in [2.24, 2.45) is 0 Å². The summed E-state index contributed by atoms with van der Waals surface area (Å²) in [6, 6.07) is 15.6. The van der Waals surface area contributed by atoms with Gasteiger partial charge in [-0.25, -0.2) is 13.4 Å². The number of carbonyl (C=O) groups excluding carboxylic acids is 1. The zero-order chi connectivity index (χ0) is 26.7. The lowest BCUT2D eigenvalue weighted by Gasteiger charge is -2.22. The number of ether oxygens (including phenoxy) is 1. The number of carbonyl (C=O) groups is 1. The van der Waals surface area contributed by atoms with Crippen LogP contribution >= 0.6 is 34.5 Å². The van der Waals surface area contributed by atoms with Gasteiger partial charge in [-0.3, -0.25) is 14.4 Å². The lowest BCUT2D eigenvalue weighted by molar-refractivity contribution is 0.0985. The van der Waals surface area contributed by atoms with Crippen molar-refractivity contribution in [2.75, 3.05) is 43.9 Å². The zero-order valence-corrected chi connectivity index (χ0v) is 23.4. The van der Waals surface area contributed by atoms with Crippen molar-refractivity contribution in [3.8, 4) is 5.75 Å². The molecule has 1 N–H and O–H groups in total. The van der Waals surface area contributed by atoms with Crippen LogP contribution in [0.1, 0.15) is 10.4 Å². The summed E-state index contributed by atoms with van der Waals surface area (Å²) >= 11 is 13.6. The summed E-state index contributed by atoms with van der Waals surface area (Å²) in [5.74, 6) is 0.294. The number of halogens is 2. The lowest BCUT2D eigenvalue weighted by Crippen LogP contribution is -2.36. The number of hydrogen-bond donors (Lipinski definition) is 1. The molecule has 3 aromatic carbocycles. The van der Waals surface area contributed by atoms with E-state index in [1.165, 1.54) is 35.6 Å². The molecular weight excluding hydrogens is 555 g/mol. The molecule has 1 aromatic heterocycles. The number of benzene rings is 3. The van der Waals surface area contributed by atoms with Gasteiger partial charge in [0, 0.05) is 29.4 Å². The number of methoxy groups -OCH3 is 1. The maximum Gasteiger partial charge on any atom is 0.261 e. The average molecular weight is 580 g/mol. The van der Waals surface area contributed by atoms with Gasteiger partial charge in [-0.05, 0) is 74.8 Å². The second kappa shape index (κ2) is 11.2. The molecule has 8 nitrogen and oxygen atoms in total. The van der Waals surface area contributed by atoms with Gasteiger partial charge in [0.05, 0.1) is 21.7 Å². The topological polar surface area (TPSA) is 91.8 Å². The molecule has 0 aliphatic rings. The average Bonchev–Trinajstić information content (AvgIpc) is 3.31. The van der Waals surface area contributed by atoms with Crippen LogP contribution in [0.5, 0.6) is 5.75 Å². The maximum atomic E-state index is 13.6. The van der Waals surface area contributed by atoms with Crippen LogP contribution in [0.2, 0.25) is 10.0 Å². The maximum absolute atomic E-state index is 13.6. The van der Waals surface area contributed by atoms with E-state index in [0.717, 1.165) is 4.70 Å². The number of likely N-dealkylation sites (N-methyl/N-ethyl adjacent to an activating group) is 1. The van der Waals surface area contributed by atoms with Crippen molar-refractivity contribution in [1.82, 2.24) is 9.88 Å². The number of anilines is 2. The van der Waals surface area contributed by atoms with Crippen LogP contribution < -0.4 is 14.4 Å². The highest BCUT2D eigenvalue weighted by Crippen LogP contribution is 2.39. The molecule has 0 atom stereocenters. The van der Waals surface area contributed by atoms with Gasteiger partial charge in [0.15, 0.2) is 5.13 Å². The quantitative estimate of drug-likeness (QED) is 0.277. The minimum atomic E-state index is -3.81. The molecule has 1 amide bonds. The predicted molar refractivity (Wildman–Crippen MR) is 150 cm³/mol. The van der Waals surface area contributed by atoms with Gasteiger partial charge in [0.25, 0.3) is 15.9 Å². The Balaban J connectivity index is 1.61. The summed E-state index contributed by atoms with van der Waals surface area (Å²) in [4.78, 5) is 21.9. The first kappa shape index (κ1) is 27.2. The number of rotatable bonds is 9. The number of nitrogens with zero attached hydrogens (tertiary/aromatic N) is 3. The molecule has 0 radical (unpaired) electrons. The number of hydrogen-bond acceptors (Lipinski definition) is 7. The normalized spacial score (nSPS) is 11.6. The van der Waals surface area contributed by atoms with Crippen molar-refractivity contribution in [1.29, 1.82) is 0 Å². The van der Waals surface area contributed by atoms with Crippen molar-refractivity contribution in [3.05, 3.63) is 76.3 Å². The molecule has 0 aliphatic carbocycles. The van der Waals surface area contributed by atoms with Crippen molar-refractivity contribution < 1.29 is 17.9 Å². The van der Waals surface area contributed by atoms with Gasteiger partial charge in [-0.15, -0.1) is 0 Å². The van der Waals surface area contributed by atoms with Crippen LogP contribution in [-0.4, -0.2) is 58.5 Å². The van der Waals surface area contributed by atoms with E-state index in [0.29, 0.717) is 50.8 Å². The molecule has 37 heavy (non-hydrogen) atoms. The molecule has 0 bridgehead atoms. The number of aromatic nitrogens is 1. The molecule has 0 fully saturated rings. The van der Waals surface area contributed by atoms with Crippen LogP contribution in [0.25, 0.3) is 10.2 Å². The Morgan fingerprint density at radius 3 is 2.30 bits per heavy atom. The van der Waals surface area contributed by atoms with E-state index in [1.807, 2.05) is 19.0 Å². The Morgan fingerprint density at radius 1 is 1.00 bits per heavy atom. The molecule has 0 spiro atoms. The molecule has 194 valence electrons. The number of sulfonamides is 1. The Bertz CT molecular complexity index is 1520. The van der Waals surface area contributed by atoms with Gasteiger partial charge in [0.1, 0.15) is 11.3 Å². The third kappa shape index (κ3) is 6.16. The number of amides is 1. The van der Waals surface area contributed by atoms with Crippen LogP contribution in [0.4, 0.5) is 10.8 Å². The third-order valence-corrected chi connectivity index (χ3v) is 8.61. The van der Waals surface area contributed by atoms with Gasteiger partial charge in [0.2, 0.25) is 0 Å². The highest BCUT2D eigenvalue weighted by molar-refractivity contribution is 7.92. The third-order valence-electron chi connectivity index (χ3n) is 5.42. The summed E-state index contributed by atoms with van der Waals surface area (Å²) in [5.41, 5.74) is 1.29. The van der Waals surface area contributed by atoms with Gasteiger partial charge < -0.3 is 9.64 Å². The van der Waals surface area contributed by atoms with E-state index in [-0.39, 0.29) is 10.8 Å². The standard InChI is InChI=1S/C25H24Cl2N4O4S2/c1-30(2)14-15-31(25-28-22-21(35-3)13-12-20(27)23(22)36-25)24(32)16-4-8-18(9-5-16)29-37(33,34)19-10-6-17(26)7-11-19/h4-13,29H,14-15H2,1-3H3. The fraction of sp³-hybridized carbons (Fsp3) is 0.200. The molecule has 0 saturated heterocycles. The molecule has 12 heteroatoms. The summed E-state index contributed by atoms with van der Waals surface area (Å²) in [6.45, 7) is 0.988. The SMILES string of the molecule is COc1ccc(Cl)c2sc(N(CCN(C)C)C(=O)c3ccc(NS(=O)(=O)c4ccc(Cl)cc4)cc3)nc12. The Hall–Kier alpha value is -2.89. The predicted octanol–water partition coefficient (Wildman–Crippen LogP) is 5.62. The van der Waals surface area contributed by atoms with E-state index >= 15 is 0 Å². The largest absolute Gasteiger partial charge is 0.494 e. The van der Waals surface area contributed by atoms with Crippen molar-refractivity contribution in [2.45, 2.75) is 4.90 Å². The molecule has 1 heterocycles. The first-order valence-corrected chi connectivity index (χ1v) is 14.1. The van der Waals surface area contributed by atoms with Gasteiger partial charge >= 0.3 is 0 Å². The fourth-order valence-corrected chi connectivity index (χ4v) is 5.94. The number of nitrogens with one attached hydrogen (secondary N) is 1. The fourth-order valence-electron chi connectivity index (χ4n) is 3.47. The second-order valence-corrected chi connectivity index (χ2v) is 11.8. The summed E-state index contributed by atoms with van der Waals surface area (Å²) in [7, 11) is 1.58. The van der Waals surface area contributed by atoms with Crippen LogP contribution in [0.3, 0.4) is 0 Å². The van der Waals surface area contributed by atoms with Gasteiger partial charge in [-0.2, -0.15) is 0 Å². The van der Waals surface area contributed by atoms with E-state index in [4.69, 9.17) is 27.9 Å². The van der Waals surface area contributed by atoms with Crippen LogP contribution in [0.15, 0.2) is 65.6 Å². The molecule has 0 aliphatic heterocycles. The van der Waals surface area contributed by atoms with Crippen molar-refractivity contribution in [3.63, 3.8) is 0 Å². The highest BCUT2D eigenvalue weighted by Gasteiger charge is 2.24. The molecule has 4 rings (SSSR count). The minimum Gasteiger partial charge on any atom is -0.494 e.